The van der Waals surface area contributed by atoms with Gasteiger partial charge in [0.2, 0.25) is 0 Å². The number of ether oxygens (including phenoxy) is 3. The quantitative estimate of drug-likeness (QED) is 0.0492. The third-order valence-electron chi connectivity index (χ3n) is 10.2. The largest absolute Gasteiger partial charge is 0.477 e. The molecule has 0 aliphatic carbocycles. The zero-order valence-corrected chi connectivity index (χ0v) is 33.9. The molecule has 1 aliphatic heterocycles. The monoisotopic (exact) mass is 729 g/mol. The molecule has 0 aromatic heterocycles. The fraction of sp³-hybridized carbons (Fsp3) is 0.952. The molecule has 1 fully saturated rings. The van der Waals surface area contributed by atoms with E-state index in [0.717, 1.165) is 32.1 Å². The fourth-order valence-corrected chi connectivity index (χ4v) is 7.53. The van der Waals surface area contributed by atoms with Gasteiger partial charge in [-0.25, -0.2) is 0 Å². The zero-order valence-electron chi connectivity index (χ0n) is 32.3. The standard InChI is InChI=1S/C42H80O5S2/c1-3-5-7-9-11-13-15-17-19-21-23-25-27-29-31-33-39(48)46-38-36-45-41(37(44)35-43)42(38)47-40(49)34-32-30-28-26-24-22-20-18-16-14-12-10-8-6-4-2/h37-38,41-44H,3-36H2,1-2H3/t37-,38+,41-,42-/m0/s1. The summed E-state index contributed by atoms with van der Waals surface area (Å²) in [5.41, 5.74) is 0. The number of thiocarbonyl (C=S) groups is 2. The lowest BCUT2D eigenvalue weighted by molar-refractivity contribution is -0.0639. The van der Waals surface area contributed by atoms with E-state index in [1.54, 1.807) is 0 Å². The van der Waals surface area contributed by atoms with E-state index < -0.39 is 31.0 Å². The van der Waals surface area contributed by atoms with Crippen molar-refractivity contribution < 1.29 is 24.4 Å². The second-order valence-electron chi connectivity index (χ2n) is 14.9. The highest BCUT2D eigenvalue weighted by Gasteiger charge is 2.45. The van der Waals surface area contributed by atoms with Gasteiger partial charge in [-0.05, 0) is 37.3 Å². The third-order valence-corrected chi connectivity index (χ3v) is 10.8. The fourth-order valence-electron chi connectivity index (χ4n) is 7.00. The van der Waals surface area contributed by atoms with Gasteiger partial charge in [-0.2, -0.15) is 0 Å². The molecule has 2 N–H and O–H groups in total. The third kappa shape index (κ3) is 27.0. The molecule has 290 valence electrons. The molecule has 7 heteroatoms. The molecule has 0 radical (unpaired) electrons. The summed E-state index contributed by atoms with van der Waals surface area (Å²) in [5.74, 6) is 0. The lowest BCUT2D eigenvalue weighted by Gasteiger charge is -2.27. The highest BCUT2D eigenvalue weighted by atomic mass is 32.1. The van der Waals surface area contributed by atoms with Crippen LogP contribution in [0.25, 0.3) is 0 Å². The van der Waals surface area contributed by atoms with Crippen LogP contribution in [0.5, 0.6) is 0 Å². The topological polar surface area (TPSA) is 68.2 Å². The van der Waals surface area contributed by atoms with Crippen LogP contribution in [0.4, 0.5) is 0 Å². The van der Waals surface area contributed by atoms with Crippen LogP contribution in [0, 0.1) is 0 Å². The van der Waals surface area contributed by atoms with Crippen LogP contribution in [-0.4, -0.2) is 57.9 Å². The van der Waals surface area contributed by atoms with Gasteiger partial charge in [-0.1, -0.05) is 194 Å². The van der Waals surface area contributed by atoms with Crippen molar-refractivity contribution in [1.82, 2.24) is 0 Å². The van der Waals surface area contributed by atoms with Crippen LogP contribution < -0.4 is 0 Å². The van der Waals surface area contributed by atoms with E-state index in [1.165, 1.54) is 167 Å². The minimum absolute atomic E-state index is 0.271. The lowest BCUT2D eigenvalue weighted by Crippen LogP contribution is -2.44. The summed E-state index contributed by atoms with van der Waals surface area (Å²) in [6.07, 6.45) is 38.7. The molecule has 0 spiro atoms. The highest BCUT2D eigenvalue weighted by molar-refractivity contribution is 7.80. The second-order valence-corrected chi connectivity index (χ2v) is 15.8. The van der Waals surface area contributed by atoms with Gasteiger partial charge in [0.15, 0.2) is 22.3 Å². The molecule has 0 amide bonds. The van der Waals surface area contributed by atoms with Crippen LogP contribution in [0.3, 0.4) is 0 Å². The van der Waals surface area contributed by atoms with Gasteiger partial charge in [0.25, 0.3) is 0 Å². The number of aliphatic hydroxyl groups is 2. The van der Waals surface area contributed by atoms with Gasteiger partial charge in [-0.3, -0.25) is 0 Å². The molecule has 1 saturated heterocycles. The van der Waals surface area contributed by atoms with Crippen LogP contribution >= 0.6 is 24.4 Å². The number of hydrogen-bond acceptors (Lipinski definition) is 7. The normalized spacial score (nSPS) is 18.2. The molecule has 1 heterocycles. The van der Waals surface area contributed by atoms with Gasteiger partial charge >= 0.3 is 0 Å². The molecule has 5 nitrogen and oxygen atoms in total. The Labute approximate surface area is 314 Å². The molecule has 0 bridgehead atoms. The van der Waals surface area contributed by atoms with Crippen LogP contribution in [0.2, 0.25) is 0 Å². The lowest BCUT2D eigenvalue weighted by atomic mass is 10.0. The van der Waals surface area contributed by atoms with Gasteiger partial charge < -0.3 is 24.4 Å². The Hall–Kier alpha value is -0.340. The molecule has 49 heavy (non-hydrogen) atoms. The van der Waals surface area contributed by atoms with Crippen molar-refractivity contribution in [2.45, 2.75) is 244 Å². The van der Waals surface area contributed by atoms with E-state index in [9.17, 15) is 10.2 Å². The first kappa shape index (κ1) is 46.7. The highest BCUT2D eigenvalue weighted by Crippen LogP contribution is 2.26. The maximum atomic E-state index is 10.4. The van der Waals surface area contributed by atoms with E-state index in [0.29, 0.717) is 16.5 Å². The van der Waals surface area contributed by atoms with Crippen molar-refractivity contribution >= 4 is 34.5 Å². The molecular formula is C42H80O5S2. The smallest absolute Gasteiger partial charge is 0.167 e. The SMILES string of the molecule is CCCCCCCCCCCCCCCCCC(=S)O[C@@H]1[C@H]([C@@H](O)CO)OC[C@H]1OC(=S)CCCCCCCCCCCCCCCCC. The average Bonchev–Trinajstić information content (AvgIpc) is 3.48. The second kappa shape index (κ2) is 34.7. The van der Waals surface area contributed by atoms with Gasteiger partial charge in [0.05, 0.1) is 13.2 Å². The van der Waals surface area contributed by atoms with Crippen molar-refractivity contribution in [1.29, 1.82) is 0 Å². The minimum atomic E-state index is -1.05. The van der Waals surface area contributed by atoms with Crippen molar-refractivity contribution in [3.8, 4) is 0 Å². The maximum Gasteiger partial charge on any atom is 0.167 e. The number of rotatable bonds is 36. The first-order valence-corrected chi connectivity index (χ1v) is 22.1. The summed E-state index contributed by atoms with van der Waals surface area (Å²) >= 11 is 11.2. The molecule has 1 rings (SSSR count). The summed E-state index contributed by atoms with van der Waals surface area (Å²) < 4.78 is 18.1. The Morgan fingerprint density at radius 1 is 0.531 bits per heavy atom. The van der Waals surface area contributed by atoms with Crippen LogP contribution in [-0.2, 0) is 14.2 Å². The number of hydrogen-bond donors (Lipinski definition) is 2. The summed E-state index contributed by atoms with van der Waals surface area (Å²) in [6.45, 7) is 4.44. The molecule has 0 aromatic rings. The van der Waals surface area contributed by atoms with Gasteiger partial charge in [-0.15, -0.1) is 0 Å². The number of unbranched alkanes of at least 4 members (excludes halogenated alkanes) is 28. The van der Waals surface area contributed by atoms with Crippen molar-refractivity contribution in [3.05, 3.63) is 0 Å². The van der Waals surface area contributed by atoms with Crippen LogP contribution in [0.15, 0.2) is 0 Å². The summed E-state index contributed by atoms with van der Waals surface area (Å²) in [5, 5.41) is 21.1. The predicted octanol–water partition coefficient (Wildman–Crippen LogP) is 12.7. The molecule has 0 unspecified atom stereocenters. The van der Waals surface area contributed by atoms with Crippen molar-refractivity contribution in [2.75, 3.05) is 13.2 Å². The summed E-state index contributed by atoms with van der Waals surface area (Å²) in [7, 11) is 0. The maximum absolute atomic E-state index is 10.4. The predicted molar refractivity (Wildman–Crippen MR) is 217 cm³/mol. The van der Waals surface area contributed by atoms with Gasteiger partial charge in [0.1, 0.15) is 12.2 Å². The van der Waals surface area contributed by atoms with Crippen LogP contribution in [0.1, 0.15) is 219 Å². The molecule has 0 saturated carbocycles. The van der Waals surface area contributed by atoms with E-state index in [-0.39, 0.29) is 6.61 Å². The summed E-state index contributed by atoms with van der Waals surface area (Å²) in [4.78, 5) is 0. The minimum Gasteiger partial charge on any atom is -0.477 e. The Morgan fingerprint density at radius 3 is 1.16 bits per heavy atom. The average molecular weight is 729 g/mol. The Kier molecular flexibility index (Phi) is 33.1. The van der Waals surface area contributed by atoms with E-state index >= 15 is 0 Å². The molecule has 0 aromatic carbocycles. The molecule has 4 atom stereocenters. The Morgan fingerprint density at radius 2 is 0.837 bits per heavy atom. The van der Waals surface area contributed by atoms with E-state index in [4.69, 9.17) is 38.6 Å². The Balaban J connectivity index is 2.12. The molecular weight excluding hydrogens is 649 g/mol. The zero-order chi connectivity index (χ0) is 35.6. The first-order valence-electron chi connectivity index (χ1n) is 21.3. The first-order chi connectivity index (χ1) is 24.0. The van der Waals surface area contributed by atoms with E-state index in [1.807, 2.05) is 0 Å². The van der Waals surface area contributed by atoms with Gasteiger partial charge in [0, 0.05) is 12.8 Å². The van der Waals surface area contributed by atoms with E-state index in [2.05, 4.69) is 13.8 Å². The molecule has 1 aliphatic rings. The van der Waals surface area contributed by atoms with Crippen molar-refractivity contribution in [3.63, 3.8) is 0 Å². The number of aliphatic hydroxyl groups excluding tert-OH is 2. The van der Waals surface area contributed by atoms with Crippen molar-refractivity contribution in [2.24, 2.45) is 0 Å². The Bertz CT molecular complexity index is 751. The summed E-state index contributed by atoms with van der Waals surface area (Å²) in [6, 6.07) is 0.